The van der Waals surface area contributed by atoms with Gasteiger partial charge in [-0.2, -0.15) is 0 Å². The largest absolute Gasteiger partial charge is 0.480 e. The van der Waals surface area contributed by atoms with Crippen LogP contribution in [0.2, 0.25) is 0 Å². The van der Waals surface area contributed by atoms with Crippen LogP contribution in [0.25, 0.3) is 10.9 Å². The van der Waals surface area contributed by atoms with Crippen molar-refractivity contribution in [3.05, 3.63) is 36.0 Å². The molecule has 196 valence electrons. The Labute approximate surface area is 208 Å². The van der Waals surface area contributed by atoms with Crippen molar-refractivity contribution in [1.82, 2.24) is 20.9 Å². The van der Waals surface area contributed by atoms with Crippen LogP contribution in [0.4, 0.5) is 0 Å². The number of hydrogen-bond donors (Lipinski definition) is 8. The maximum absolute atomic E-state index is 13.2. The van der Waals surface area contributed by atoms with Gasteiger partial charge < -0.3 is 43.2 Å². The summed E-state index contributed by atoms with van der Waals surface area (Å²) in [5, 5.41) is 17.7. The number of aliphatic carboxylic acids is 1. The van der Waals surface area contributed by atoms with Gasteiger partial charge in [0.1, 0.15) is 18.1 Å². The van der Waals surface area contributed by atoms with Crippen molar-refractivity contribution in [1.29, 1.82) is 0 Å². The standard InChI is InChI=1S/C23H34N8O5/c1-12(24)19(32)30-17(8-5-9-27-23(25)26)20(33)31-18(21(34)29-13(2)22(35)36)10-14-11-28-16-7-4-3-6-15(14)16/h3-4,6-7,11-13,17-18,28H,5,8-10,24H2,1-2H3,(H,29,34)(H,30,32)(H,31,33)(H,35,36)(H4,25,26,27). The number of fused-ring (bicyclic) bond motifs is 1. The second-order valence-electron chi connectivity index (χ2n) is 8.49. The molecule has 0 aliphatic heterocycles. The summed E-state index contributed by atoms with van der Waals surface area (Å²) in [7, 11) is 0. The lowest BCUT2D eigenvalue weighted by Gasteiger charge is -2.24. The summed E-state index contributed by atoms with van der Waals surface area (Å²) in [5.74, 6) is -3.17. The third kappa shape index (κ3) is 8.27. The molecule has 1 aromatic heterocycles. The van der Waals surface area contributed by atoms with Crippen LogP contribution in [0.1, 0.15) is 32.3 Å². The first kappa shape index (κ1) is 28.1. The Bertz CT molecular complexity index is 1110. The third-order valence-electron chi connectivity index (χ3n) is 5.45. The molecule has 13 heteroatoms. The first-order valence-electron chi connectivity index (χ1n) is 11.5. The van der Waals surface area contributed by atoms with Gasteiger partial charge in [-0.25, -0.2) is 0 Å². The number of nitrogens with zero attached hydrogens (tertiary/aromatic N) is 1. The molecule has 2 rings (SSSR count). The quantitative estimate of drug-likeness (QED) is 0.0926. The summed E-state index contributed by atoms with van der Waals surface area (Å²) < 4.78 is 0. The minimum atomic E-state index is -1.22. The Hall–Kier alpha value is -4.13. The smallest absolute Gasteiger partial charge is 0.325 e. The highest BCUT2D eigenvalue weighted by Crippen LogP contribution is 2.19. The summed E-state index contributed by atoms with van der Waals surface area (Å²) in [6, 6.07) is 3.27. The number of amides is 3. The van der Waals surface area contributed by atoms with Crippen LogP contribution in [-0.2, 0) is 25.6 Å². The fraction of sp³-hybridized carbons (Fsp3) is 0.435. The topological polar surface area (TPSA) is 231 Å². The number of hydrogen-bond acceptors (Lipinski definition) is 6. The maximum atomic E-state index is 13.2. The highest BCUT2D eigenvalue weighted by Gasteiger charge is 2.29. The Morgan fingerprint density at radius 2 is 1.64 bits per heavy atom. The Morgan fingerprint density at radius 3 is 2.28 bits per heavy atom. The van der Waals surface area contributed by atoms with Crippen LogP contribution in [0.15, 0.2) is 35.5 Å². The number of carboxylic acids is 1. The molecule has 11 N–H and O–H groups in total. The van der Waals surface area contributed by atoms with Crippen molar-refractivity contribution in [3.63, 3.8) is 0 Å². The normalized spacial score (nSPS) is 14.2. The Kier molecular flexibility index (Phi) is 10.2. The summed E-state index contributed by atoms with van der Waals surface area (Å²) in [6.07, 6.45) is 2.34. The minimum Gasteiger partial charge on any atom is -0.480 e. The SMILES string of the molecule is CC(N)C(=O)NC(CCCN=C(N)N)C(=O)NC(Cc1c[nH]c2ccccc12)C(=O)NC(C)C(=O)O. The van der Waals surface area contributed by atoms with Crippen molar-refractivity contribution >= 4 is 40.6 Å². The molecule has 0 radical (unpaired) electrons. The van der Waals surface area contributed by atoms with E-state index >= 15 is 0 Å². The van der Waals surface area contributed by atoms with E-state index in [1.54, 1.807) is 6.20 Å². The molecular weight excluding hydrogens is 468 g/mol. The molecule has 1 aromatic carbocycles. The lowest BCUT2D eigenvalue weighted by Crippen LogP contribution is -2.57. The predicted molar refractivity (Wildman–Crippen MR) is 135 cm³/mol. The van der Waals surface area contributed by atoms with Gasteiger partial charge in [0, 0.05) is 30.1 Å². The van der Waals surface area contributed by atoms with Gasteiger partial charge in [-0.3, -0.25) is 24.2 Å². The fourth-order valence-electron chi connectivity index (χ4n) is 3.45. The third-order valence-corrected chi connectivity index (χ3v) is 5.45. The van der Waals surface area contributed by atoms with Crippen molar-refractivity contribution in [3.8, 4) is 0 Å². The van der Waals surface area contributed by atoms with Crippen molar-refractivity contribution in [2.24, 2.45) is 22.2 Å². The molecule has 13 nitrogen and oxygen atoms in total. The maximum Gasteiger partial charge on any atom is 0.325 e. The van der Waals surface area contributed by atoms with E-state index in [-0.39, 0.29) is 25.3 Å². The number of guanidine groups is 1. The van der Waals surface area contributed by atoms with E-state index in [1.807, 2.05) is 24.3 Å². The summed E-state index contributed by atoms with van der Waals surface area (Å²) in [5.41, 5.74) is 17.9. The number of carboxylic acid groups (broad SMARTS) is 1. The first-order valence-corrected chi connectivity index (χ1v) is 11.5. The van der Waals surface area contributed by atoms with Gasteiger partial charge in [-0.1, -0.05) is 18.2 Å². The number of carbonyl (C=O) groups excluding carboxylic acids is 3. The van der Waals surface area contributed by atoms with Crippen LogP contribution in [0.5, 0.6) is 0 Å². The van der Waals surface area contributed by atoms with Crippen molar-refractivity contribution < 1.29 is 24.3 Å². The first-order chi connectivity index (χ1) is 17.0. The van der Waals surface area contributed by atoms with Crippen LogP contribution in [0.3, 0.4) is 0 Å². The van der Waals surface area contributed by atoms with Crippen LogP contribution >= 0.6 is 0 Å². The molecule has 0 bridgehead atoms. The molecule has 0 spiro atoms. The molecule has 0 aliphatic rings. The molecular formula is C23H34N8O5. The van der Waals surface area contributed by atoms with E-state index in [0.717, 1.165) is 16.5 Å². The van der Waals surface area contributed by atoms with Gasteiger partial charge in [-0.15, -0.1) is 0 Å². The Morgan fingerprint density at radius 1 is 1.00 bits per heavy atom. The summed E-state index contributed by atoms with van der Waals surface area (Å²) in [6.45, 7) is 3.03. The lowest BCUT2D eigenvalue weighted by molar-refractivity contribution is -0.141. The number of nitrogens with one attached hydrogen (secondary N) is 4. The monoisotopic (exact) mass is 502 g/mol. The van der Waals surface area contributed by atoms with E-state index in [0.29, 0.717) is 6.42 Å². The highest BCUT2D eigenvalue weighted by atomic mass is 16.4. The lowest BCUT2D eigenvalue weighted by atomic mass is 10.0. The van der Waals surface area contributed by atoms with E-state index in [1.165, 1.54) is 13.8 Å². The van der Waals surface area contributed by atoms with Gasteiger partial charge in [0.05, 0.1) is 6.04 Å². The number of benzene rings is 1. The molecule has 4 atom stereocenters. The molecule has 2 aromatic rings. The molecule has 0 saturated carbocycles. The zero-order chi connectivity index (χ0) is 26.8. The average Bonchev–Trinajstić information content (AvgIpc) is 3.22. The van der Waals surface area contributed by atoms with Gasteiger partial charge in [-0.05, 0) is 38.3 Å². The fourth-order valence-corrected chi connectivity index (χ4v) is 3.45. The van der Waals surface area contributed by atoms with Crippen molar-refractivity contribution in [2.45, 2.75) is 57.3 Å². The van der Waals surface area contributed by atoms with E-state index in [2.05, 4.69) is 25.9 Å². The number of para-hydroxylation sites is 1. The van der Waals surface area contributed by atoms with E-state index < -0.39 is 47.9 Å². The van der Waals surface area contributed by atoms with E-state index in [4.69, 9.17) is 17.2 Å². The van der Waals surface area contributed by atoms with E-state index in [9.17, 15) is 24.3 Å². The predicted octanol–water partition coefficient (Wildman–Crippen LogP) is -1.33. The average molecular weight is 503 g/mol. The minimum absolute atomic E-state index is 0.0793. The zero-order valence-electron chi connectivity index (χ0n) is 20.3. The number of rotatable bonds is 13. The molecule has 0 saturated heterocycles. The second kappa shape index (κ2) is 13.1. The molecule has 36 heavy (non-hydrogen) atoms. The Balaban J connectivity index is 2.26. The molecule has 3 amide bonds. The van der Waals surface area contributed by atoms with Crippen molar-refractivity contribution in [2.75, 3.05) is 6.54 Å². The van der Waals surface area contributed by atoms with Crippen LogP contribution in [-0.4, -0.2) is 70.5 Å². The van der Waals surface area contributed by atoms with Crippen LogP contribution < -0.4 is 33.2 Å². The number of aromatic amines is 1. The van der Waals surface area contributed by atoms with Gasteiger partial charge in [0.15, 0.2) is 5.96 Å². The number of nitrogens with two attached hydrogens (primary N) is 3. The molecule has 0 fully saturated rings. The van der Waals surface area contributed by atoms with Gasteiger partial charge >= 0.3 is 5.97 Å². The molecule has 0 aliphatic carbocycles. The van der Waals surface area contributed by atoms with Gasteiger partial charge in [0.2, 0.25) is 17.7 Å². The number of carbonyl (C=O) groups is 4. The summed E-state index contributed by atoms with van der Waals surface area (Å²) in [4.78, 5) is 56.6. The number of H-pyrrole nitrogens is 1. The summed E-state index contributed by atoms with van der Waals surface area (Å²) >= 11 is 0. The highest BCUT2D eigenvalue weighted by molar-refractivity contribution is 5.94. The number of aliphatic imine (C=N–C) groups is 1. The molecule has 4 unspecified atom stereocenters. The van der Waals surface area contributed by atoms with Gasteiger partial charge in [0.25, 0.3) is 0 Å². The second-order valence-corrected chi connectivity index (χ2v) is 8.49. The molecule has 1 heterocycles. The van der Waals surface area contributed by atoms with Crippen LogP contribution in [0, 0.1) is 0 Å². The number of aromatic nitrogens is 1. The zero-order valence-corrected chi connectivity index (χ0v) is 20.3.